The topological polar surface area (TPSA) is 37.3 Å². The minimum absolute atomic E-state index is 0.631. The number of hydrogen-bond donors (Lipinski definition) is 1. The molecular formula is C13H16O2S. The minimum atomic E-state index is -0.917. The van der Waals surface area contributed by atoms with Gasteiger partial charge in [0, 0.05) is 11.8 Å². The number of carboxylic acid groups (broad SMARTS) is 1. The fraction of sp³-hybridized carbons (Fsp3) is 0.308. The van der Waals surface area contributed by atoms with Gasteiger partial charge in [0.2, 0.25) is 0 Å². The second kappa shape index (κ2) is 6.38. The molecule has 1 aromatic rings. The molecule has 0 unspecified atom stereocenters. The molecule has 0 heterocycles. The maximum absolute atomic E-state index is 10.3. The molecule has 0 atom stereocenters. The van der Waals surface area contributed by atoms with E-state index in [1.165, 1.54) is 5.56 Å². The van der Waals surface area contributed by atoms with Crippen molar-refractivity contribution in [3.05, 3.63) is 41.5 Å². The summed E-state index contributed by atoms with van der Waals surface area (Å²) in [7, 11) is 0. The van der Waals surface area contributed by atoms with E-state index in [9.17, 15) is 4.79 Å². The van der Waals surface area contributed by atoms with Crippen molar-refractivity contribution < 1.29 is 9.90 Å². The van der Waals surface area contributed by atoms with Crippen LogP contribution in [0.1, 0.15) is 25.0 Å². The van der Waals surface area contributed by atoms with Crippen LogP contribution in [0.3, 0.4) is 0 Å². The van der Waals surface area contributed by atoms with Crippen LogP contribution >= 0.6 is 11.8 Å². The van der Waals surface area contributed by atoms with Crippen molar-refractivity contribution in [2.24, 2.45) is 0 Å². The summed E-state index contributed by atoms with van der Waals surface area (Å²) in [5, 5.41) is 9.12. The Bertz CT molecular complexity index is 366. The summed E-state index contributed by atoms with van der Waals surface area (Å²) in [6.07, 6.45) is 2.75. The van der Waals surface area contributed by atoms with E-state index in [0.29, 0.717) is 5.25 Å². The van der Waals surface area contributed by atoms with E-state index in [2.05, 4.69) is 13.8 Å². The molecule has 2 nitrogen and oxygen atoms in total. The van der Waals surface area contributed by atoms with Gasteiger partial charge in [0.1, 0.15) is 0 Å². The highest BCUT2D eigenvalue weighted by atomic mass is 32.2. The Morgan fingerprint density at radius 2 is 2.00 bits per heavy atom. The van der Waals surface area contributed by atoms with Gasteiger partial charge >= 0.3 is 5.97 Å². The number of aliphatic carboxylic acids is 1. The number of carbonyl (C=O) groups is 1. The molecule has 1 aromatic carbocycles. The Morgan fingerprint density at radius 3 is 2.50 bits per heavy atom. The predicted octanol–water partition coefficient (Wildman–Crippen LogP) is 3.43. The number of carboxylic acids is 1. The summed E-state index contributed by atoms with van der Waals surface area (Å²) >= 11 is 1.90. The van der Waals surface area contributed by atoms with Gasteiger partial charge in [-0.2, -0.15) is 11.8 Å². The van der Waals surface area contributed by atoms with Gasteiger partial charge in [-0.3, -0.25) is 0 Å². The highest BCUT2D eigenvalue weighted by Crippen LogP contribution is 2.17. The highest BCUT2D eigenvalue weighted by Gasteiger charge is 1.97. The lowest BCUT2D eigenvalue weighted by Gasteiger charge is -2.04. The molecule has 0 saturated heterocycles. The molecular weight excluding hydrogens is 220 g/mol. The lowest BCUT2D eigenvalue weighted by Crippen LogP contribution is -1.89. The van der Waals surface area contributed by atoms with Gasteiger partial charge in [-0.15, -0.1) is 0 Å². The van der Waals surface area contributed by atoms with Crippen LogP contribution < -0.4 is 0 Å². The van der Waals surface area contributed by atoms with Crippen LogP contribution in [0.2, 0.25) is 0 Å². The van der Waals surface area contributed by atoms with Gasteiger partial charge in [-0.05, 0) is 22.5 Å². The van der Waals surface area contributed by atoms with Crippen LogP contribution in [0.5, 0.6) is 0 Å². The zero-order chi connectivity index (χ0) is 12.0. The second-order valence-corrected chi connectivity index (χ2v) is 5.34. The first-order valence-corrected chi connectivity index (χ1v) is 6.24. The SMILES string of the molecule is CC(C)SCc1ccc(C=CC(=O)O)cc1. The Hall–Kier alpha value is -1.22. The third kappa shape index (κ3) is 5.03. The summed E-state index contributed by atoms with van der Waals surface area (Å²) in [5.41, 5.74) is 2.19. The van der Waals surface area contributed by atoms with E-state index in [1.54, 1.807) is 6.08 Å². The fourth-order valence-electron chi connectivity index (χ4n) is 1.16. The summed E-state index contributed by atoms with van der Waals surface area (Å²) in [6, 6.07) is 7.96. The Kier molecular flexibility index (Phi) is 5.12. The maximum Gasteiger partial charge on any atom is 0.328 e. The number of rotatable bonds is 5. The first kappa shape index (κ1) is 12.8. The lowest BCUT2D eigenvalue weighted by molar-refractivity contribution is -0.131. The zero-order valence-corrected chi connectivity index (χ0v) is 10.3. The van der Waals surface area contributed by atoms with Gasteiger partial charge < -0.3 is 5.11 Å². The molecule has 1 N–H and O–H groups in total. The van der Waals surface area contributed by atoms with Gasteiger partial charge in [0.05, 0.1) is 0 Å². The van der Waals surface area contributed by atoms with Crippen LogP contribution in [-0.4, -0.2) is 16.3 Å². The van der Waals surface area contributed by atoms with Crippen LogP contribution in [-0.2, 0) is 10.5 Å². The monoisotopic (exact) mass is 236 g/mol. The smallest absolute Gasteiger partial charge is 0.328 e. The second-order valence-electron chi connectivity index (χ2n) is 3.77. The van der Waals surface area contributed by atoms with Crippen molar-refractivity contribution in [3.8, 4) is 0 Å². The van der Waals surface area contributed by atoms with Gasteiger partial charge in [-0.1, -0.05) is 38.1 Å². The molecule has 0 amide bonds. The first-order chi connectivity index (χ1) is 7.58. The Morgan fingerprint density at radius 1 is 1.38 bits per heavy atom. The quantitative estimate of drug-likeness (QED) is 0.796. The number of benzene rings is 1. The molecule has 0 spiro atoms. The van der Waals surface area contributed by atoms with E-state index in [4.69, 9.17) is 5.11 Å². The largest absolute Gasteiger partial charge is 0.478 e. The molecule has 0 aliphatic rings. The standard InChI is InChI=1S/C13H16O2S/c1-10(2)16-9-12-5-3-11(4-6-12)7-8-13(14)15/h3-8,10H,9H2,1-2H3,(H,14,15). The molecule has 0 saturated carbocycles. The average molecular weight is 236 g/mol. The first-order valence-electron chi connectivity index (χ1n) is 5.19. The molecule has 0 aliphatic heterocycles. The number of thioether (sulfide) groups is 1. The number of hydrogen-bond acceptors (Lipinski definition) is 2. The minimum Gasteiger partial charge on any atom is -0.478 e. The van der Waals surface area contributed by atoms with Crippen molar-refractivity contribution in [1.29, 1.82) is 0 Å². The van der Waals surface area contributed by atoms with Crippen LogP contribution in [0.15, 0.2) is 30.3 Å². The predicted molar refractivity (Wildman–Crippen MR) is 69.5 cm³/mol. The summed E-state index contributed by atoms with van der Waals surface area (Å²) in [5.74, 6) is 0.0834. The van der Waals surface area contributed by atoms with E-state index >= 15 is 0 Å². The maximum atomic E-state index is 10.3. The summed E-state index contributed by atoms with van der Waals surface area (Å²) < 4.78 is 0. The molecule has 0 aromatic heterocycles. The van der Waals surface area contributed by atoms with Gasteiger partial charge in [0.25, 0.3) is 0 Å². The van der Waals surface area contributed by atoms with Crippen molar-refractivity contribution in [3.63, 3.8) is 0 Å². The van der Waals surface area contributed by atoms with Crippen LogP contribution in [0.25, 0.3) is 6.08 Å². The van der Waals surface area contributed by atoms with Crippen molar-refractivity contribution in [2.75, 3.05) is 0 Å². The van der Waals surface area contributed by atoms with Crippen LogP contribution in [0, 0.1) is 0 Å². The third-order valence-electron chi connectivity index (χ3n) is 1.98. The van der Waals surface area contributed by atoms with E-state index < -0.39 is 5.97 Å². The third-order valence-corrected chi connectivity index (χ3v) is 3.15. The Balaban J connectivity index is 2.57. The Labute approximate surface area is 100 Å². The summed E-state index contributed by atoms with van der Waals surface area (Å²) in [6.45, 7) is 4.35. The van der Waals surface area contributed by atoms with Gasteiger partial charge in [0.15, 0.2) is 0 Å². The molecule has 0 bridgehead atoms. The molecule has 0 radical (unpaired) electrons. The fourth-order valence-corrected chi connectivity index (χ4v) is 1.87. The van der Waals surface area contributed by atoms with E-state index in [1.807, 2.05) is 36.0 Å². The molecule has 0 aliphatic carbocycles. The summed E-state index contributed by atoms with van der Waals surface area (Å²) in [4.78, 5) is 10.3. The molecule has 1 rings (SSSR count). The van der Waals surface area contributed by atoms with Crippen molar-refractivity contribution in [1.82, 2.24) is 0 Å². The average Bonchev–Trinajstić information content (AvgIpc) is 2.25. The van der Waals surface area contributed by atoms with E-state index in [0.717, 1.165) is 17.4 Å². The molecule has 3 heteroatoms. The highest BCUT2D eigenvalue weighted by molar-refractivity contribution is 7.99. The molecule has 86 valence electrons. The zero-order valence-electron chi connectivity index (χ0n) is 9.51. The normalized spacial score (nSPS) is 11.2. The van der Waals surface area contributed by atoms with Gasteiger partial charge in [-0.25, -0.2) is 4.79 Å². The van der Waals surface area contributed by atoms with Crippen molar-refractivity contribution in [2.45, 2.75) is 24.9 Å². The molecule has 16 heavy (non-hydrogen) atoms. The van der Waals surface area contributed by atoms with Crippen molar-refractivity contribution >= 4 is 23.8 Å². The van der Waals surface area contributed by atoms with E-state index in [-0.39, 0.29) is 0 Å². The molecule has 0 fully saturated rings. The van der Waals surface area contributed by atoms with Crippen LogP contribution in [0.4, 0.5) is 0 Å². The lowest BCUT2D eigenvalue weighted by atomic mass is 10.1.